The van der Waals surface area contributed by atoms with Crippen LogP contribution in [0.15, 0.2) is 0 Å². The number of hydrogen-bond donors (Lipinski definition) is 2. The Balaban J connectivity index is 1.43. The highest BCUT2D eigenvalue weighted by Gasteiger charge is 2.13. The molecule has 29 heavy (non-hydrogen) atoms. The molecule has 0 fully saturated rings. The molecule has 8 nitrogen and oxygen atoms in total. The Morgan fingerprint density at radius 1 is 1.10 bits per heavy atom. The number of rotatable bonds is 14. The van der Waals surface area contributed by atoms with E-state index in [-0.39, 0.29) is 18.3 Å². The molecule has 0 saturated carbocycles. The Labute approximate surface area is 176 Å². The second-order valence-corrected chi connectivity index (χ2v) is 7.72. The van der Waals surface area contributed by atoms with Crippen LogP contribution in [0.4, 0.5) is 0 Å². The van der Waals surface area contributed by atoms with E-state index in [9.17, 15) is 9.59 Å². The highest BCUT2D eigenvalue weighted by atomic mass is 35.5. The van der Waals surface area contributed by atoms with Crippen LogP contribution in [0.5, 0.6) is 0 Å². The SMILES string of the molecule is CC(=O)NCCCCCCCCCCOC(=O)CCc1nc2c(Cl)c(C)[nH]n2n1. The first kappa shape index (κ1) is 23.2. The van der Waals surface area contributed by atoms with Crippen molar-refractivity contribution in [2.45, 2.75) is 78.1 Å². The van der Waals surface area contributed by atoms with Crippen molar-refractivity contribution in [1.29, 1.82) is 0 Å². The van der Waals surface area contributed by atoms with Gasteiger partial charge in [-0.25, -0.2) is 4.98 Å². The summed E-state index contributed by atoms with van der Waals surface area (Å²) in [5.74, 6) is 0.402. The molecule has 0 atom stereocenters. The molecule has 0 aliphatic heterocycles. The lowest BCUT2D eigenvalue weighted by Crippen LogP contribution is -2.20. The minimum Gasteiger partial charge on any atom is -0.466 e. The number of amides is 1. The normalized spacial score (nSPS) is 11.1. The third kappa shape index (κ3) is 8.43. The largest absolute Gasteiger partial charge is 0.466 e. The molecular formula is C20H32ClN5O3. The number of esters is 1. The fourth-order valence-electron chi connectivity index (χ4n) is 3.08. The van der Waals surface area contributed by atoms with Crippen LogP contribution >= 0.6 is 11.6 Å². The number of hydrogen-bond acceptors (Lipinski definition) is 5. The van der Waals surface area contributed by atoms with Gasteiger partial charge < -0.3 is 10.1 Å². The smallest absolute Gasteiger partial charge is 0.306 e. The van der Waals surface area contributed by atoms with E-state index in [2.05, 4.69) is 20.5 Å². The number of aryl methyl sites for hydroxylation is 2. The van der Waals surface area contributed by atoms with Crippen LogP contribution in [0.1, 0.15) is 76.2 Å². The van der Waals surface area contributed by atoms with E-state index in [1.165, 1.54) is 23.9 Å². The summed E-state index contributed by atoms with van der Waals surface area (Å²) in [6.45, 7) is 4.65. The van der Waals surface area contributed by atoms with Gasteiger partial charge in [-0.3, -0.25) is 14.7 Å². The van der Waals surface area contributed by atoms with Gasteiger partial charge in [0, 0.05) is 19.9 Å². The first-order valence-electron chi connectivity index (χ1n) is 10.5. The molecule has 0 saturated heterocycles. The summed E-state index contributed by atoms with van der Waals surface area (Å²) in [7, 11) is 0. The summed E-state index contributed by atoms with van der Waals surface area (Å²) in [5, 5.41) is 10.6. The Hall–Kier alpha value is -2.09. The predicted octanol–water partition coefficient (Wildman–Crippen LogP) is 3.75. The molecule has 0 unspecified atom stereocenters. The minimum absolute atomic E-state index is 0.0435. The van der Waals surface area contributed by atoms with Crippen LogP contribution in [-0.2, 0) is 20.7 Å². The lowest BCUT2D eigenvalue weighted by molar-refractivity contribution is -0.143. The zero-order valence-corrected chi connectivity index (χ0v) is 18.2. The summed E-state index contributed by atoms with van der Waals surface area (Å²) in [6.07, 6.45) is 9.67. The fourth-order valence-corrected chi connectivity index (χ4v) is 3.25. The maximum Gasteiger partial charge on any atom is 0.306 e. The van der Waals surface area contributed by atoms with Gasteiger partial charge in [0.1, 0.15) is 5.02 Å². The lowest BCUT2D eigenvalue weighted by Gasteiger charge is -2.05. The molecule has 9 heteroatoms. The molecule has 2 aromatic heterocycles. The number of unbranched alkanes of at least 4 members (excludes halogenated alkanes) is 7. The van der Waals surface area contributed by atoms with E-state index in [0.717, 1.165) is 44.3 Å². The number of ether oxygens (including phenoxy) is 1. The maximum absolute atomic E-state index is 11.8. The predicted molar refractivity (Wildman–Crippen MR) is 112 cm³/mol. The highest BCUT2D eigenvalue weighted by molar-refractivity contribution is 6.34. The van der Waals surface area contributed by atoms with Gasteiger partial charge in [0.2, 0.25) is 5.91 Å². The quantitative estimate of drug-likeness (QED) is 0.354. The number of halogens is 1. The number of nitrogens with zero attached hydrogens (tertiary/aromatic N) is 3. The molecule has 0 bridgehead atoms. The molecule has 2 rings (SSSR count). The summed E-state index contributed by atoms with van der Waals surface area (Å²) in [5.41, 5.74) is 1.40. The van der Waals surface area contributed by atoms with E-state index in [1.807, 2.05) is 6.92 Å². The molecule has 2 N–H and O–H groups in total. The van der Waals surface area contributed by atoms with Gasteiger partial charge >= 0.3 is 5.97 Å². The van der Waals surface area contributed by atoms with Gasteiger partial charge in [-0.2, -0.15) is 4.63 Å². The molecular weight excluding hydrogens is 394 g/mol. The van der Waals surface area contributed by atoms with Gasteiger partial charge in [-0.15, -0.1) is 5.10 Å². The Morgan fingerprint density at radius 2 is 1.76 bits per heavy atom. The van der Waals surface area contributed by atoms with E-state index in [0.29, 0.717) is 29.5 Å². The van der Waals surface area contributed by atoms with E-state index in [1.54, 1.807) is 6.92 Å². The van der Waals surface area contributed by atoms with Crippen LogP contribution < -0.4 is 5.32 Å². The summed E-state index contributed by atoms with van der Waals surface area (Å²) in [6, 6.07) is 0. The highest BCUT2D eigenvalue weighted by Crippen LogP contribution is 2.19. The topological polar surface area (TPSA) is 101 Å². The molecule has 0 aliphatic carbocycles. The number of aromatic amines is 1. The lowest BCUT2D eigenvalue weighted by atomic mass is 10.1. The fraction of sp³-hybridized carbons (Fsp3) is 0.700. The number of H-pyrrole nitrogens is 1. The number of carbonyl (C=O) groups is 2. The van der Waals surface area contributed by atoms with Gasteiger partial charge in [0.05, 0.1) is 18.7 Å². The average molecular weight is 426 g/mol. The van der Waals surface area contributed by atoms with Gasteiger partial charge in [-0.05, 0) is 19.8 Å². The number of fused-ring (bicyclic) bond motifs is 1. The number of aromatic nitrogens is 4. The summed E-state index contributed by atoms with van der Waals surface area (Å²) in [4.78, 5) is 26.9. The van der Waals surface area contributed by atoms with Crippen molar-refractivity contribution in [1.82, 2.24) is 25.1 Å². The van der Waals surface area contributed by atoms with E-state index >= 15 is 0 Å². The molecule has 2 heterocycles. The Bertz CT molecular complexity index is 787. The van der Waals surface area contributed by atoms with Crippen molar-refractivity contribution in [3.63, 3.8) is 0 Å². The molecule has 162 valence electrons. The molecule has 0 aromatic carbocycles. The minimum atomic E-state index is -0.218. The van der Waals surface area contributed by atoms with Gasteiger partial charge in [-0.1, -0.05) is 50.1 Å². The average Bonchev–Trinajstić information content (AvgIpc) is 3.19. The van der Waals surface area contributed by atoms with Crippen molar-refractivity contribution in [3.05, 3.63) is 16.5 Å². The molecule has 2 aromatic rings. The Kier molecular flexibility index (Phi) is 9.97. The van der Waals surface area contributed by atoms with Gasteiger partial charge in [0.15, 0.2) is 11.5 Å². The van der Waals surface area contributed by atoms with Crippen molar-refractivity contribution in [3.8, 4) is 0 Å². The molecule has 1 amide bonds. The van der Waals surface area contributed by atoms with Crippen LogP contribution in [0, 0.1) is 6.92 Å². The van der Waals surface area contributed by atoms with E-state index < -0.39 is 0 Å². The van der Waals surface area contributed by atoms with Crippen LogP contribution in [0.3, 0.4) is 0 Å². The van der Waals surface area contributed by atoms with E-state index in [4.69, 9.17) is 16.3 Å². The zero-order valence-electron chi connectivity index (χ0n) is 17.4. The van der Waals surface area contributed by atoms with Gasteiger partial charge in [0.25, 0.3) is 0 Å². The van der Waals surface area contributed by atoms with Crippen molar-refractivity contribution < 1.29 is 14.3 Å². The van der Waals surface area contributed by atoms with Crippen LogP contribution in [0.2, 0.25) is 5.02 Å². The van der Waals surface area contributed by atoms with Crippen LogP contribution in [0.25, 0.3) is 5.65 Å². The third-order valence-electron chi connectivity index (χ3n) is 4.71. The second kappa shape index (κ2) is 12.5. The molecule has 0 aliphatic rings. The summed E-state index contributed by atoms with van der Waals surface area (Å²) < 4.78 is 6.81. The number of carbonyl (C=O) groups excluding carboxylic acids is 2. The monoisotopic (exact) mass is 425 g/mol. The molecule has 0 spiro atoms. The zero-order chi connectivity index (χ0) is 21.1. The van der Waals surface area contributed by atoms with Crippen molar-refractivity contribution in [2.75, 3.05) is 13.2 Å². The number of nitrogens with one attached hydrogen (secondary N) is 2. The Morgan fingerprint density at radius 3 is 2.41 bits per heavy atom. The van der Waals surface area contributed by atoms with Crippen LogP contribution in [-0.4, -0.2) is 44.8 Å². The second-order valence-electron chi connectivity index (χ2n) is 7.35. The maximum atomic E-state index is 11.8. The summed E-state index contributed by atoms with van der Waals surface area (Å²) >= 11 is 6.13. The van der Waals surface area contributed by atoms with Crippen molar-refractivity contribution >= 4 is 29.1 Å². The first-order chi connectivity index (χ1) is 14.0. The third-order valence-corrected chi connectivity index (χ3v) is 5.16. The standard InChI is InChI=1S/C20H32ClN5O3/c1-15-19(21)20-23-17(25-26(20)24-15)11-12-18(28)29-14-10-8-6-4-3-5-7-9-13-22-16(2)27/h24H,3-14H2,1-2H3,(H,22,27). The first-order valence-corrected chi connectivity index (χ1v) is 10.8. The van der Waals surface area contributed by atoms with Crippen molar-refractivity contribution in [2.24, 2.45) is 0 Å². The molecule has 0 radical (unpaired) electrons.